The van der Waals surface area contributed by atoms with E-state index in [9.17, 15) is 19.7 Å². The van der Waals surface area contributed by atoms with Gasteiger partial charge in [0.2, 0.25) is 0 Å². The highest BCUT2D eigenvalue weighted by Gasteiger charge is 2.44. The van der Waals surface area contributed by atoms with Crippen LogP contribution in [-0.2, 0) is 25.3 Å². The van der Waals surface area contributed by atoms with Crippen molar-refractivity contribution in [2.45, 2.75) is 83.4 Å². The quantitative estimate of drug-likeness (QED) is 0.143. The first-order chi connectivity index (χ1) is 15.7. The van der Waals surface area contributed by atoms with Crippen molar-refractivity contribution >= 4 is 37.8 Å². The fourth-order valence-electron chi connectivity index (χ4n) is 3.39. The normalized spacial score (nSPS) is 19.6. The molecule has 1 aliphatic rings. The van der Waals surface area contributed by atoms with Crippen LogP contribution in [0.15, 0.2) is 24.3 Å². The second-order valence-electron chi connectivity index (χ2n) is 10.0. The van der Waals surface area contributed by atoms with Crippen LogP contribution in [0.3, 0.4) is 0 Å². The van der Waals surface area contributed by atoms with Crippen LogP contribution in [0.4, 0.5) is 10.5 Å². The maximum absolute atomic E-state index is 13.0. The van der Waals surface area contributed by atoms with Gasteiger partial charge in [-0.25, -0.2) is 4.79 Å². The Labute approximate surface area is 206 Å². The Bertz CT molecular complexity index is 873. The molecule has 11 heteroatoms. The molecule has 1 aromatic carbocycles. The van der Waals surface area contributed by atoms with Crippen molar-refractivity contribution in [1.82, 2.24) is 4.90 Å². The topological polar surface area (TPSA) is 108 Å². The lowest BCUT2D eigenvalue weighted by atomic mass is 10.2. The number of nitro groups is 1. The smallest absolute Gasteiger partial charge is 0.410 e. The number of thioether (sulfide) groups is 1. The molecule has 1 saturated heterocycles. The van der Waals surface area contributed by atoms with Gasteiger partial charge in [-0.3, -0.25) is 14.9 Å². The molecule has 0 radical (unpaired) electrons. The zero-order chi connectivity index (χ0) is 25.7. The zero-order valence-electron chi connectivity index (χ0n) is 21.0. The van der Waals surface area contributed by atoms with E-state index in [4.69, 9.17) is 13.9 Å². The summed E-state index contributed by atoms with van der Waals surface area (Å²) in [6.07, 6.45) is 0.131. The Morgan fingerprint density at radius 3 is 2.41 bits per heavy atom. The van der Waals surface area contributed by atoms with Crippen molar-refractivity contribution in [3.05, 3.63) is 39.9 Å². The van der Waals surface area contributed by atoms with Crippen LogP contribution in [0.25, 0.3) is 0 Å². The third kappa shape index (κ3) is 7.98. The number of nitro benzene ring substituents is 1. The number of rotatable bonds is 9. The van der Waals surface area contributed by atoms with Gasteiger partial charge in [0.1, 0.15) is 12.0 Å². The van der Waals surface area contributed by atoms with Crippen molar-refractivity contribution in [1.29, 1.82) is 0 Å². The van der Waals surface area contributed by atoms with Gasteiger partial charge in [-0.1, -0.05) is 20.8 Å². The Morgan fingerprint density at radius 2 is 1.88 bits per heavy atom. The van der Waals surface area contributed by atoms with Gasteiger partial charge in [0.15, 0.2) is 8.32 Å². The first kappa shape index (κ1) is 28.1. The SMILES string of the molecule is CC(=O)OC(C)SCC1CC(O[Si](C)(C)C(C)(C)C)CN1C(=O)OCc1ccc([N+](=O)[O-])cc1. The molecule has 1 fully saturated rings. The van der Waals surface area contributed by atoms with Crippen molar-refractivity contribution < 1.29 is 28.4 Å². The number of ether oxygens (including phenoxy) is 2. The summed E-state index contributed by atoms with van der Waals surface area (Å²) in [5, 5.41) is 10.9. The first-order valence-electron chi connectivity index (χ1n) is 11.3. The van der Waals surface area contributed by atoms with Crippen LogP contribution in [0.5, 0.6) is 0 Å². The van der Waals surface area contributed by atoms with E-state index in [-0.39, 0.29) is 40.9 Å². The van der Waals surface area contributed by atoms with Crippen LogP contribution in [0.2, 0.25) is 18.1 Å². The summed E-state index contributed by atoms with van der Waals surface area (Å²) >= 11 is 1.47. The number of carbonyl (C=O) groups is 2. The number of benzene rings is 1. The molecular weight excluding hydrogens is 476 g/mol. The van der Waals surface area contributed by atoms with Crippen LogP contribution in [0, 0.1) is 10.1 Å². The van der Waals surface area contributed by atoms with Gasteiger partial charge in [0.25, 0.3) is 5.69 Å². The van der Waals surface area contributed by atoms with Gasteiger partial charge in [0.05, 0.1) is 11.0 Å². The third-order valence-electron chi connectivity index (χ3n) is 6.24. The van der Waals surface area contributed by atoms with Gasteiger partial charge in [-0.15, -0.1) is 11.8 Å². The maximum Gasteiger partial charge on any atom is 0.410 e. The Hall–Kier alpha value is -2.11. The average Bonchev–Trinajstić information content (AvgIpc) is 3.11. The predicted octanol–water partition coefficient (Wildman–Crippen LogP) is 5.34. The van der Waals surface area contributed by atoms with E-state index in [1.807, 2.05) is 6.92 Å². The molecule has 0 saturated carbocycles. The summed E-state index contributed by atoms with van der Waals surface area (Å²) < 4.78 is 17.3. The number of non-ortho nitro benzene ring substituents is 1. The number of hydrogen-bond acceptors (Lipinski definition) is 8. The second-order valence-corrected chi connectivity index (χ2v) is 16.1. The number of nitrogens with zero attached hydrogens (tertiary/aromatic N) is 2. The molecule has 1 aliphatic heterocycles. The van der Waals surface area contributed by atoms with Crippen LogP contribution in [-0.4, -0.2) is 60.1 Å². The summed E-state index contributed by atoms with van der Waals surface area (Å²) in [6, 6.07) is 5.80. The van der Waals surface area contributed by atoms with Gasteiger partial charge >= 0.3 is 12.1 Å². The average molecular weight is 513 g/mol. The van der Waals surface area contributed by atoms with Gasteiger partial charge < -0.3 is 18.8 Å². The van der Waals surface area contributed by atoms with Crippen molar-refractivity contribution in [3.8, 4) is 0 Å². The van der Waals surface area contributed by atoms with Gasteiger partial charge in [-0.2, -0.15) is 0 Å². The van der Waals surface area contributed by atoms with Gasteiger partial charge in [-0.05, 0) is 49.2 Å². The number of esters is 1. The van der Waals surface area contributed by atoms with Crippen molar-refractivity contribution in [3.63, 3.8) is 0 Å². The summed E-state index contributed by atoms with van der Waals surface area (Å²) in [5.41, 5.74) is 0.330. The van der Waals surface area contributed by atoms with E-state index in [0.29, 0.717) is 24.3 Å². The fraction of sp³-hybridized carbons (Fsp3) is 0.652. The third-order valence-corrected chi connectivity index (χ3v) is 11.9. The summed E-state index contributed by atoms with van der Waals surface area (Å²) in [4.78, 5) is 36.3. The lowest BCUT2D eigenvalue weighted by Gasteiger charge is -2.38. The molecule has 2 rings (SSSR count). The molecule has 0 aromatic heterocycles. The number of amides is 1. The molecule has 0 aliphatic carbocycles. The van der Waals surface area contributed by atoms with E-state index >= 15 is 0 Å². The molecule has 190 valence electrons. The van der Waals surface area contributed by atoms with Crippen LogP contribution < -0.4 is 0 Å². The minimum atomic E-state index is -2.03. The minimum Gasteiger partial charge on any atom is -0.452 e. The highest BCUT2D eigenvalue weighted by molar-refractivity contribution is 7.99. The highest BCUT2D eigenvalue weighted by atomic mass is 32.2. The minimum absolute atomic E-state index is 0.0146. The molecule has 9 nitrogen and oxygen atoms in total. The lowest BCUT2D eigenvalue weighted by Crippen LogP contribution is -2.44. The molecule has 3 atom stereocenters. The molecule has 34 heavy (non-hydrogen) atoms. The van der Waals surface area contributed by atoms with Crippen LogP contribution >= 0.6 is 11.8 Å². The highest BCUT2D eigenvalue weighted by Crippen LogP contribution is 2.39. The molecule has 3 unspecified atom stereocenters. The Morgan fingerprint density at radius 1 is 1.26 bits per heavy atom. The lowest BCUT2D eigenvalue weighted by molar-refractivity contribution is -0.384. The van der Waals surface area contributed by atoms with E-state index in [1.165, 1.54) is 30.8 Å². The van der Waals surface area contributed by atoms with E-state index in [0.717, 1.165) is 0 Å². The summed E-state index contributed by atoms with van der Waals surface area (Å²) in [5.74, 6) is 0.239. The molecule has 0 spiro atoms. The predicted molar refractivity (Wildman–Crippen MR) is 134 cm³/mol. The molecular formula is C23H36N2O7SSi. The first-order valence-corrected chi connectivity index (χ1v) is 15.3. The monoisotopic (exact) mass is 512 g/mol. The van der Waals surface area contributed by atoms with Crippen molar-refractivity contribution in [2.24, 2.45) is 0 Å². The van der Waals surface area contributed by atoms with E-state index in [1.54, 1.807) is 17.0 Å². The maximum atomic E-state index is 13.0. The molecule has 1 heterocycles. The number of carbonyl (C=O) groups excluding carboxylic acids is 2. The largest absolute Gasteiger partial charge is 0.452 e. The van der Waals surface area contributed by atoms with E-state index in [2.05, 4.69) is 33.9 Å². The summed E-state index contributed by atoms with van der Waals surface area (Å²) in [7, 11) is -2.03. The Kier molecular flexibility index (Phi) is 9.55. The molecule has 1 aromatic rings. The molecule has 0 bridgehead atoms. The molecule has 1 amide bonds. The number of hydrogen-bond donors (Lipinski definition) is 0. The standard InChI is InChI=1S/C23H36N2O7SSi/c1-16(26)31-17(2)33-15-20-12-21(32-34(6,7)23(3,4)5)13-24(20)22(27)30-14-18-8-10-19(11-9-18)25(28)29/h8-11,17,20-21H,12-15H2,1-7H3. The van der Waals surface area contributed by atoms with Crippen LogP contribution in [0.1, 0.15) is 46.6 Å². The zero-order valence-corrected chi connectivity index (χ0v) is 22.8. The van der Waals surface area contributed by atoms with E-state index < -0.39 is 19.3 Å². The Balaban J connectivity index is 2.06. The molecule has 0 N–H and O–H groups in total. The second kappa shape index (κ2) is 11.5. The van der Waals surface area contributed by atoms with Crippen molar-refractivity contribution in [2.75, 3.05) is 12.3 Å². The number of likely N-dealkylation sites (tertiary alicyclic amines) is 1. The fourth-order valence-corrected chi connectivity index (χ4v) is 5.76. The van der Waals surface area contributed by atoms with Gasteiger partial charge in [0, 0.05) is 37.4 Å². The summed E-state index contributed by atoms with van der Waals surface area (Å²) in [6.45, 7) is 14.5.